The van der Waals surface area contributed by atoms with Crippen molar-refractivity contribution in [1.82, 2.24) is 0 Å². The molecule has 0 spiro atoms. The number of para-hydroxylation sites is 2. The van der Waals surface area contributed by atoms with E-state index in [0.29, 0.717) is 0 Å². The van der Waals surface area contributed by atoms with Crippen LogP contribution in [0.1, 0.15) is 25.7 Å². The average Bonchev–Trinajstić information content (AvgIpc) is 2.30. The van der Waals surface area contributed by atoms with Gasteiger partial charge in [-0.3, -0.25) is 0 Å². The maximum atomic E-state index is 5.84. The van der Waals surface area contributed by atoms with E-state index in [1.54, 1.807) is 0 Å². The zero-order chi connectivity index (χ0) is 11.6. The molecule has 0 bridgehead atoms. The number of unbranched alkanes of at least 4 members (excludes halogenated alkanes) is 3. The summed E-state index contributed by atoms with van der Waals surface area (Å²) in [6, 6.07) is 7.93. The molecule has 0 aliphatic rings. The van der Waals surface area contributed by atoms with Gasteiger partial charge in [-0.2, -0.15) is 11.8 Å². The first-order valence-corrected chi connectivity index (χ1v) is 7.31. The van der Waals surface area contributed by atoms with E-state index in [4.69, 9.17) is 5.73 Å². The van der Waals surface area contributed by atoms with Gasteiger partial charge in [-0.05, 0) is 37.0 Å². The van der Waals surface area contributed by atoms with Crippen molar-refractivity contribution in [2.45, 2.75) is 25.7 Å². The second kappa shape index (κ2) is 8.34. The van der Waals surface area contributed by atoms with Gasteiger partial charge in [0.05, 0.1) is 11.4 Å². The highest BCUT2D eigenvalue weighted by Crippen LogP contribution is 2.16. The fourth-order valence-corrected chi connectivity index (χ4v) is 2.10. The number of nitrogens with two attached hydrogens (primary N) is 1. The van der Waals surface area contributed by atoms with E-state index < -0.39 is 0 Å². The molecule has 0 fully saturated rings. The summed E-state index contributed by atoms with van der Waals surface area (Å²) in [7, 11) is 0. The minimum absolute atomic E-state index is 0.838. The van der Waals surface area contributed by atoms with Crippen LogP contribution in [0.25, 0.3) is 0 Å². The van der Waals surface area contributed by atoms with Gasteiger partial charge < -0.3 is 11.1 Å². The normalized spacial score (nSPS) is 10.3. The van der Waals surface area contributed by atoms with Gasteiger partial charge in [-0.15, -0.1) is 0 Å². The quantitative estimate of drug-likeness (QED) is 0.537. The van der Waals surface area contributed by atoms with Crippen LogP contribution >= 0.6 is 11.8 Å². The van der Waals surface area contributed by atoms with Crippen LogP contribution in [-0.2, 0) is 0 Å². The molecule has 1 rings (SSSR count). The van der Waals surface area contributed by atoms with Crippen LogP contribution in [0.4, 0.5) is 11.4 Å². The highest BCUT2D eigenvalue weighted by Gasteiger charge is 1.95. The fraction of sp³-hybridized carbons (Fsp3) is 0.538. The monoisotopic (exact) mass is 238 g/mol. The molecule has 3 heteroatoms. The van der Waals surface area contributed by atoms with E-state index in [1.807, 2.05) is 36.0 Å². The highest BCUT2D eigenvalue weighted by molar-refractivity contribution is 7.98. The van der Waals surface area contributed by atoms with Crippen LogP contribution in [0.3, 0.4) is 0 Å². The predicted molar refractivity (Wildman–Crippen MR) is 76.2 cm³/mol. The zero-order valence-electron chi connectivity index (χ0n) is 10.0. The first-order chi connectivity index (χ1) is 7.84. The molecule has 2 nitrogen and oxygen atoms in total. The maximum absolute atomic E-state index is 5.84. The predicted octanol–water partition coefficient (Wildman–Crippen LogP) is 3.60. The minimum Gasteiger partial charge on any atom is -0.397 e. The summed E-state index contributed by atoms with van der Waals surface area (Å²) < 4.78 is 0. The Morgan fingerprint density at radius 3 is 2.62 bits per heavy atom. The van der Waals surface area contributed by atoms with Crippen molar-refractivity contribution in [2.75, 3.05) is 29.6 Å². The lowest BCUT2D eigenvalue weighted by Gasteiger charge is -2.08. The Bertz CT molecular complexity index is 289. The van der Waals surface area contributed by atoms with E-state index >= 15 is 0 Å². The zero-order valence-corrected chi connectivity index (χ0v) is 10.9. The number of nitrogens with one attached hydrogen (secondary N) is 1. The van der Waals surface area contributed by atoms with E-state index in [1.165, 1.54) is 31.4 Å². The largest absolute Gasteiger partial charge is 0.397 e. The Kier molecular flexibility index (Phi) is 6.90. The third-order valence-corrected chi connectivity index (χ3v) is 3.25. The van der Waals surface area contributed by atoms with Crippen LogP contribution in [0.2, 0.25) is 0 Å². The summed E-state index contributed by atoms with van der Waals surface area (Å²) in [6.07, 6.45) is 7.38. The third kappa shape index (κ3) is 5.31. The lowest BCUT2D eigenvalue weighted by atomic mass is 10.2. The smallest absolute Gasteiger partial charge is 0.0573 e. The van der Waals surface area contributed by atoms with Crippen LogP contribution < -0.4 is 11.1 Å². The third-order valence-electron chi connectivity index (χ3n) is 2.55. The summed E-state index contributed by atoms with van der Waals surface area (Å²) in [5.74, 6) is 1.29. The van der Waals surface area contributed by atoms with Crippen LogP contribution in [-0.4, -0.2) is 18.6 Å². The topological polar surface area (TPSA) is 38.0 Å². The number of hydrogen-bond acceptors (Lipinski definition) is 3. The molecular weight excluding hydrogens is 216 g/mol. The Morgan fingerprint density at radius 2 is 1.88 bits per heavy atom. The molecule has 0 radical (unpaired) electrons. The van der Waals surface area contributed by atoms with Crippen LogP contribution in [0.5, 0.6) is 0 Å². The van der Waals surface area contributed by atoms with E-state index in [9.17, 15) is 0 Å². The molecular formula is C13H22N2S. The van der Waals surface area contributed by atoms with Gasteiger partial charge in [-0.1, -0.05) is 25.0 Å². The van der Waals surface area contributed by atoms with Crippen molar-refractivity contribution < 1.29 is 0 Å². The molecule has 16 heavy (non-hydrogen) atoms. The summed E-state index contributed by atoms with van der Waals surface area (Å²) in [6.45, 7) is 1.02. The van der Waals surface area contributed by atoms with E-state index in [2.05, 4.69) is 11.6 Å². The number of anilines is 2. The average molecular weight is 238 g/mol. The van der Waals surface area contributed by atoms with Crippen molar-refractivity contribution in [3.05, 3.63) is 24.3 Å². The lowest BCUT2D eigenvalue weighted by molar-refractivity contribution is 0.689. The van der Waals surface area contributed by atoms with Crippen molar-refractivity contribution >= 4 is 23.1 Å². The summed E-state index contributed by atoms with van der Waals surface area (Å²) in [5, 5.41) is 3.37. The maximum Gasteiger partial charge on any atom is 0.0573 e. The van der Waals surface area contributed by atoms with Gasteiger partial charge in [0.1, 0.15) is 0 Å². The first kappa shape index (κ1) is 13.2. The summed E-state index contributed by atoms with van der Waals surface area (Å²) in [5.41, 5.74) is 7.74. The number of benzene rings is 1. The number of rotatable bonds is 8. The number of thioether (sulfide) groups is 1. The SMILES string of the molecule is CSCCCCCCNc1ccccc1N. The molecule has 0 aliphatic heterocycles. The fourth-order valence-electron chi connectivity index (χ4n) is 1.61. The molecule has 1 aromatic carbocycles. The van der Waals surface area contributed by atoms with E-state index in [-0.39, 0.29) is 0 Å². The molecule has 0 amide bonds. The minimum atomic E-state index is 0.838. The van der Waals surface area contributed by atoms with Crippen LogP contribution in [0, 0.1) is 0 Å². The number of hydrogen-bond donors (Lipinski definition) is 2. The number of nitrogen functional groups attached to an aromatic ring is 1. The van der Waals surface area contributed by atoms with Gasteiger partial charge in [0, 0.05) is 6.54 Å². The van der Waals surface area contributed by atoms with Gasteiger partial charge in [0.15, 0.2) is 0 Å². The van der Waals surface area contributed by atoms with E-state index in [0.717, 1.165) is 17.9 Å². The molecule has 0 atom stereocenters. The second-order valence-corrected chi connectivity index (χ2v) is 4.91. The molecule has 0 saturated heterocycles. The van der Waals surface area contributed by atoms with Gasteiger partial charge in [0.2, 0.25) is 0 Å². The Hall–Kier alpha value is -0.830. The van der Waals surface area contributed by atoms with Gasteiger partial charge in [-0.25, -0.2) is 0 Å². The Labute approximate surface area is 103 Å². The van der Waals surface area contributed by atoms with Crippen molar-refractivity contribution in [2.24, 2.45) is 0 Å². The Morgan fingerprint density at radius 1 is 1.12 bits per heavy atom. The molecule has 90 valence electrons. The molecule has 0 saturated carbocycles. The Balaban J connectivity index is 2.05. The molecule has 0 unspecified atom stereocenters. The molecule has 0 aliphatic carbocycles. The summed E-state index contributed by atoms with van der Waals surface area (Å²) in [4.78, 5) is 0. The van der Waals surface area contributed by atoms with Crippen molar-refractivity contribution in [3.8, 4) is 0 Å². The van der Waals surface area contributed by atoms with Crippen LogP contribution in [0.15, 0.2) is 24.3 Å². The van der Waals surface area contributed by atoms with Crippen molar-refractivity contribution in [3.63, 3.8) is 0 Å². The standard InChI is InChI=1S/C13H22N2S/c1-16-11-7-3-2-6-10-15-13-9-5-4-8-12(13)14/h4-5,8-9,15H,2-3,6-7,10-11,14H2,1H3. The first-order valence-electron chi connectivity index (χ1n) is 5.92. The second-order valence-electron chi connectivity index (χ2n) is 3.92. The summed E-state index contributed by atoms with van der Waals surface area (Å²) >= 11 is 1.93. The molecule has 0 aromatic heterocycles. The molecule has 0 heterocycles. The molecule has 1 aromatic rings. The van der Waals surface area contributed by atoms with Crippen molar-refractivity contribution in [1.29, 1.82) is 0 Å². The van der Waals surface area contributed by atoms with Gasteiger partial charge in [0.25, 0.3) is 0 Å². The van der Waals surface area contributed by atoms with Gasteiger partial charge >= 0.3 is 0 Å². The molecule has 3 N–H and O–H groups in total. The lowest BCUT2D eigenvalue weighted by Crippen LogP contribution is -2.03. The highest BCUT2D eigenvalue weighted by atomic mass is 32.2.